The molecule has 118 valence electrons. The van der Waals surface area contributed by atoms with Crippen LogP contribution in [0.1, 0.15) is 18.2 Å². The van der Waals surface area contributed by atoms with Crippen LogP contribution < -0.4 is 5.32 Å². The molecule has 0 aliphatic rings. The first-order chi connectivity index (χ1) is 11.0. The maximum absolute atomic E-state index is 11.8. The molecule has 23 heavy (non-hydrogen) atoms. The van der Waals surface area contributed by atoms with Crippen molar-refractivity contribution < 1.29 is 18.7 Å². The monoisotopic (exact) mass is 311 g/mol. The summed E-state index contributed by atoms with van der Waals surface area (Å²) in [4.78, 5) is 11.8. The fraction of sp³-hybridized carbons (Fsp3) is 0.167. The maximum Gasteiger partial charge on any atom is 0.244 e. The fourth-order valence-corrected chi connectivity index (χ4v) is 2.19. The van der Waals surface area contributed by atoms with Crippen LogP contribution in [0.15, 0.2) is 63.8 Å². The van der Waals surface area contributed by atoms with Gasteiger partial charge in [0.1, 0.15) is 16.9 Å². The molecule has 0 aliphatic heterocycles. The molecule has 1 aromatic carbocycles. The van der Waals surface area contributed by atoms with Crippen LogP contribution in [0, 0.1) is 0 Å². The standard InChI is InChI=1S/C18H17NO4/c1-18(21,16-10-14-4-2-3-5-15(14)23-16)12-19-17(20)7-6-13-8-9-22-11-13/h2-11,21H,12H2,1H3,(H,19,20)/b7-6+/t18-/m0/s1. The number of para-hydroxylation sites is 1. The summed E-state index contributed by atoms with van der Waals surface area (Å²) in [6, 6.07) is 11.0. The Morgan fingerprint density at radius 3 is 2.91 bits per heavy atom. The third kappa shape index (κ3) is 3.52. The Labute approximate surface area is 133 Å². The van der Waals surface area contributed by atoms with E-state index in [1.807, 2.05) is 24.3 Å². The first-order valence-corrected chi connectivity index (χ1v) is 7.24. The average Bonchev–Trinajstić information content (AvgIpc) is 3.20. The summed E-state index contributed by atoms with van der Waals surface area (Å²) >= 11 is 0. The SMILES string of the molecule is C[C@](O)(CNC(=O)/C=C/c1ccoc1)c1cc2ccccc2o1. The van der Waals surface area contributed by atoms with Gasteiger partial charge in [0.25, 0.3) is 0 Å². The number of benzene rings is 1. The van der Waals surface area contributed by atoms with Crippen molar-refractivity contribution >= 4 is 23.0 Å². The predicted molar refractivity (Wildman–Crippen MR) is 86.5 cm³/mol. The van der Waals surface area contributed by atoms with Gasteiger partial charge in [-0.25, -0.2) is 0 Å². The van der Waals surface area contributed by atoms with E-state index in [9.17, 15) is 9.90 Å². The number of furan rings is 2. The molecule has 2 aromatic heterocycles. The second-order valence-electron chi connectivity index (χ2n) is 5.53. The molecule has 0 saturated heterocycles. The van der Waals surface area contributed by atoms with Crippen molar-refractivity contribution in [1.82, 2.24) is 5.32 Å². The van der Waals surface area contributed by atoms with Crippen LogP contribution in [0.25, 0.3) is 17.0 Å². The topological polar surface area (TPSA) is 75.6 Å². The Hall–Kier alpha value is -2.79. The van der Waals surface area contributed by atoms with Crippen LogP contribution >= 0.6 is 0 Å². The number of carbonyl (C=O) groups is 1. The van der Waals surface area contributed by atoms with Crippen molar-refractivity contribution in [2.75, 3.05) is 6.54 Å². The van der Waals surface area contributed by atoms with Crippen molar-refractivity contribution in [3.8, 4) is 0 Å². The van der Waals surface area contributed by atoms with Gasteiger partial charge in [-0.05, 0) is 31.2 Å². The van der Waals surface area contributed by atoms with E-state index in [0.717, 1.165) is 10.9 Å². The number of amides is 1. The van der Waals surface area contributed by atoms with Gasteiger partial charge in [-0.2, -0.15) is 0 Å². The van der Waals surface area contributed by atoms with E-state index in [0.29, 0.717) is 11.3 Å². The summed E-state index contributed by atoms with van der Waals surface area (Å²) in [5.41, 5.74) is 0.205. The maximum atomic E-state index is 11.8. The van der Waals surface area contributed by atoms with Crippen LogP contribution in [0.3, 0.4) is 0 Å². The van der Waals surface area contributed by atoms with Gasteiger partial charge < -0.3 is 19.3 Å². The van der Waals surface area contributed by atoms with E-state index < -0.39 is 5.60 Å². The van der Waals surface area contributed by atoms with Gasteiger partial charge in [0, 0.05) is 17.0 Å². The molecule has 2 N–H and O–H groups in total. The molecule has 3 aromatic rings. The normalized spacial score (nSPS) is 14.2. The van der Waals surface area contributed by atoms with Crippen LogP contribution in [-0.2, 0) is 10.4 Å². The smallest absolute Gasteiger partial charge is 0.244 e. The lowest BCUT2D eigenvalue weighted by molar-refractivity contribution is -0.117. The lowest BCUT2D eigenvalue weighted by Gasteiger charge is -2.20. The van der Waals surface area contributed by atoms with Gasteiger partial charge in [0.2, 0.25) is 5.91 Å². The largest absolute Gasteiger partial charge is 0.472 e. The molecular weight excluding hydrogens is 294 g/mol. The van der Waals surface area contributed by atoms with Crippen molar-refractivity contribution in [2.24, 2.45) is 0 Å². The van der Waals surface area contributed by atoms with E-state index in [4.69, 9.17) is 8.83 Å². The molecule has 2 heterocycles. The molecule has 0 bridgehead atoms. The zero-order valence-electron chi connectivity index (χ0n) is 12.7. The predicted octanol–water partition coefficient (Wildman–Crippen LogP) is 3.06. The number of carbonyl (C=O) groups excluding carboxylic acids is 1. The molecule has 1 amide bonds. The Balaban J connectivity index is 1.65. The van der Waals surface area contributed by atoms with Crippen molar-refractivity contribution in [3.05, 3.63) is 66.3 Å². The molecule has 0 fully saturated rings. The highest BCUT2D eigenvalue weighted by Gasteiger charge is 2.27. The zero-order chi connectivity index (χ0) is 16.3. The second kappa shape index (κ2) is 6.14. The number of aliphatic hydroxyl groups is 1. The third-order valence-electron chi connectivity index (χ3n) is 3.53. The first kappa shape index (κ1) is 15.1. The number of fused-ring (bicyclic) bond motifs is 1. The molecule has 0 spiro atoms. The molecular formula is C18H17NO4. The summed E-state index contributed by atoms with van der Waals surface area (Å²) in [5, 5.41) is 14.1. The van der Waals surface area contributed by atoms with Gasteiger partial charge in [-0.1, -0.05) is 18.2 Å². The fourth-order valence-electron chi connectivity index (χ4n) is 2.19. The van der Waals surface area contributed by atoms with Gasteiger partial charge in [-0.15, -0.1) is 0 Å². The van der Waals surface area contributed by atoms with Gasteiger partial charge >= 0.3 is 0 Å². The van der Waals surface area contributed by atoms with E-state index in [-0.39, 0.29) is 12.5 Å². The van der Waals surface area contributed by atoms with Crippen molar-refractivity contribution in [3.63, 3.8) is 0 Å². The zero-order valence-corrected chi connectivity index (χ0v) is 12.7. The lowest BCUT2D eigenvalue weighted by Crippen LogP contribution is -2.37. The molecule has 5 nitrogen and oxygen atoms in total. The van der Waals surface area contributed by atoms with E-state index in [1.54, 1.807) is 25.1 Å². The minimum Gasteiger partial charge on any atom is -0.472 e. The molecule has 0 unspecified atom stereocenters. The first-order valence-electron chi connectivity index (χ1n) is 7.24. The molecule has 0 radical (unpaired) electrons. The van der Waals surface area contributed by atoms with E-state index >= 15 is 0 Å². The summed E-state index contributed by atoms with van der Waals surface area (Å²) in [7, 11) is 0. The van der Waals surface area contributed by atoms with Gasteiger partial charge in [0.05, 0.1) is 19.1 Å². The summed E-state index contributed by atoms with van der Waals surface area (Å²) in [6.45, 7) is 1.65. The van der Waals surface area contributed by atoms with Crippen LogP contribution in [0.5, 0.6) is 0 Å². The Morgan fingerprint density at radius 1 is 1.35 bits per heavy atom. The lowest BCUT2D eigenvalue weighted by atomic mass is 10.0. The minimum atomic E-state index is -1.29. The highest BCUT2D eigenvalue weighted by Crippen LogP contribution is 2.27. The van der Waals surface area contributed by atoms with Crippen LogP contribution in [0.4, 0.5) is 0 Å². The summed E-state index contributed by atoms with van der Waals surface area (Å²) in [5.74, 6) is 0.111. The van der Waals surface area contributed by atoms with Crippen molar-refractivity contribution in [2.45, 2.75) is 12.5 Å². The second-order valence-corrected chi connectivity index (χ2v) is 5.53. The molecule has 5 heteroatoms. The Kier molecular flexibility index (Phi) is 4.04. The number of hydrogen-bond donors (Lipinski definition) is 2. The van der Waals surface area contributed by atoms with E-state index in [2.05, 4.69) is 5.32 Å². The van der Waals surface area contributed by atoms with Gasteiger partial charge in [0.15, 0.2) is 0 Å². The molecule has 3 rings (SSSR count). The highest BCUT2D eigenvalue weighted by molar-refractivity contribution is 5.91. The Morgan fingerprint density at radius 2 is 2.17 bits per heavy atom. The van der Waals surface area contributed by atoms with Crippen LogP contribution in [-0.4, -0.2) is 17.6 Å². The minimum absolute atomic E-state index is 0.0430. The number of rotatable bonds is 5. The van der Waals surface area contributed by atoms with E-state index in [1.165, 1.54) is 18.6 Å². The number of hydrogen-bond acceptors (Lipinski definition) is 4. The quantitative estimate of drug-likeness (QED) is 0.710. The summed E-state index contributed by atoms with van der Waals surface area (Å²) < 4.78 is 10.6. The summed E-state index contributed by atoms with van der Waals surface area (Å²) in [6.07, 6.45) is 6.09. The van der Waals surface area contributed by atoms with Gasteiger partial charge in [-0.3, -0.25) is 4.79 Å². The average molecular weight is 311 g/mol. The highest BCUT2D eigenvalue weighted by atomic mass is 16.4. The van der Waals surface area contributed by atoms with Crippen LogP contribution in [0.2, 0.25) is 0 Å². The third-order valence-corrected chi connectivity index (χ3v) is 3.53. The molecule has 1 atom stereocenters. The molecule has 0 aliphatic carbocycles. The Bertz CT molecular complexity index is 795. The van der Waals surface area contributed by atoms with Crippen molar-refractivity contribution in [1.29, 1.82) is 0 Å². The number of nitrogens with one attached hydrogen (secondary N) is 1. The molecule has 0 saturated carbocycles.